The first-order valence-corrected chi connectivity index (χ1v) is 25.6. The Labute approximate surface area is 388 Å². The number of cyclic esters (lactones) is 2. The highest BCUT2D eigenvalue weighted by Gasteiger charge is 2.93. The average molecular weight is 913 g/mol. The molecule has 66 heavy (non-hydrogen) atoms. The van der Waals surface area contributed by atoms with Gasteiger partial charge in [-0.3, -0.25) is 9.59 Å². The van der Waals surface area contributed by atoms with E-state index < -0.39 is 75.3 Å². The monoisotopic (exact) mass is 913 g/mol. The average Bonchev–Trinajstić information content (AvgIpc) is 3.78. The van der Waals surface area contributed by atoms with Crippen LogP contribution in [-0.2, 0) is 46.2 Å². The van der Waals surface area contributed by atoms with Gasteiger partial charge in [0.1, 0.15) is 30.2 Å². The van der Waals surface area contributed by atoms with E-state index in [-0.39, 0.29) is 48.6 Å². The summed E-state index contributed by atoms with van der Waals surface area (Å²) >= 11 is 0. The van der Waals surface area contributed by atoms with Gasteiger partial charge in [-0.05, 0) is 107 Å². The second-order valence-corrected chi connectivity index (χ2v) is 23.1. The molecule has 4 aliphatic carbocycles. The van der Waals surface area contributed by atoms with Crippen LogP contribution in [0, 0.1) is 51.2 Å². The fourth-order valence-corrected chi connectivity index (χ4v) is 17.1. The summed E-state index contributed by atoms with van der Waals surface area (Å²) < 4.78 is 33.7. The minimum absolute atomic E-state index is 0.0250. The minimum Gasteiger partial charge on any atom is -0.469 e. The van der Waals surface area contributed by atoms with Crippen molar-refractivity contribution >= 4 is 17.7 Å². The molecule has 3 spiro atoms. The first-order valence-electron chi connectivity index (χ1n) is 25.6. The number of carbonyl (C=O) groups excluding carboxylic acids is 3. The van der Waals surface area contributed by atoms with Crippen molar-refractivity contribution in [1.29, 1.82) is 0 Å². The van der Waals surface area contributed by atoms with Crippen LogP contribution in [-0.4, -0.2) is 101 Å². The summed E-state index contributed by atoms with van der Waals surface area (Å²) in [6.45, 7) is 7.45. The maximum atomic E-state index is 15.9. The van der Waals surface area contributed by atoms with Crippen molar-refractivity contribution in [3.8, 4) is 0 Å². The standard InChI is InChI=1S/C53H72N2O11/c1-48(2)41-40(58)42(59)52(34-16-11-14-32(25-34)24-31-12-5-4-6-13-31)39(51(41)29-63-47(61)50(46(51)66-48)20-9-10-21-50)18-22-49(3)43(64-45(60)44-53(49,52)65-44)36-19-23-62-38(36)26-33(37(57)28-56)15-7-8-17-35-27-54-30-55-35/h4-6,12-13,19,23,32-35,37,39,41-44,46,54-57,59H,7-11,14-18,20-22,24-30H2,1-3H3. The number of epoxide rings is 1. The zero-order valence-electron chi connectivity index (χ0n) is 39.1. The Balaban J connectivity index is 1.02. The molecule has 4 saturated carbocycles. The van der Waals surface area contributed by atoms with Crippen LogP contribution in [0.4, 0.5) is 0 Å². The Morgan fingerprint density at radius 2 is 1.73 bits per heavy atom. The number of carbonyl (C=O) groups is 3. The zero-order chi connectivity index (χ0) is 45.9. The Hall–Kier alpha value is -3.17. The van der Waals surface area contributed by atoms with Crippen molar-refractivity contribution in [2.45, 2.75) is 171 Å². The molecular weight excluding hydrogens is 841 g/mol. The topological polar surface area (TPSA) is 189 Å². The van der Waals surface area contributed by atoms with Gasteiger partial charge in [0.25, 0.3) is 0 Å². The molecule has 5 N–H and O–H groups in total. The van der Waals surface area contributed by atoms with E-state index in [4.69, 9.17) is 23.4 Å². The van der Waals surface area contributed by atoms with Gasteiger partial charge in [0, 0.05) is 47.5 Å². The number of Topliss-reactive ketones (excluding diaryl/α,β-unsaturated/α-hetero) is 1. The summed E-state index contributed by atoms with van der Waals surface area (Å²) in [6.07, 6.45) is 9.00. The number of aliphatic hydroxyl groups excluding tert-OH is 3. The Kier molecular flexibility index (Phi) is 11.3. The van der Waals surface area contributed by atoms with E-state index in [0.717, 1.165) is 77.4 Å². The number of benzene rings is 1. The number of ether oxygens (including phenoxy) is 4. The Morgan fingerprint density at radius 1 is 0.924 bits per heavy atom. The van der Waals surface area contributed by atoms with Crippen LogP contribution in [0.25, 0.3) is 0 Å². The third-order valence-corrected chi connectivity index (χ3v) is 19.7. The molecule has 0 bridgehead atoms. The van der Waals surface area contributed by atoms with E-state index in [1.165, 1.54) is 5.56 Å². The second kappa shape index (κ2) is 16.5. The van der Waals surface area contributed by atoms with Crippen LogP contribution in [0.15, 0.2) is 47.1 Å². The quantitative estimate of drug-likeness (QED) is 0.0909. The van der Waals surface area contributed by atoms with Crippen LogP contribution in [0.3, 0.4) is 0 Å². The van der Waals surface area contributed by atoms with Crippen molar-refractivity contribution in [1.82, 2.24) is 10.6 Å². The maximum absolute atomic E-state index is 15.9. The van der Waals surface area contributed by atoms with Gasteiger partial charge in [0.05, 0.1) is 42.0 Å². The Bertz CT molecular complexity index is 2170. The molecule has 1 aromatic heterocycles. The number of nitrogens with one attached hydrogen (secondary N) is 2. The molecule has 11 rings (SSSR count). The van der Waals surface area contributed by atoms with E-state index in [2.05, 4.69) is 41.8 Å². The van der Waals surface area contributed by atoms with Crippen LogP contribution in [0.2, 0.25) is 0 Å². The highest BCUT2D eigenvalue weighted by atomic mass is 16.7. The molecule has 5 aliphatic heterocycles. The Morgan fingerprint density at radius 3 is 2.48 bits per heavy atom. The van der Waals surface area contributed by atoms with Crippen molar-refractivity contribution in [3.63, 3.8) is 0 Å². The molecule has 360 valence electrons. The van der Waals surface area contributed by atoms with Crippen LogP contribution >= 0.6 is 0 Å². The fraction of sp³-hybridized carbons (Fsp3) is 0.755. The van der Waals surface area contributed by atoms with E-state index >= 15 is 4.79 Å². The van der Waals surface area contributed by atoms with Crippen molar-refractivity contribution < 1.29 is 53.1 Å². The third kappa shape index (κ3) is 6.31. The number of hydrogen-bond acceptors (Lipinski definition) is 13. The van der Waals surface area contributed by atoms with Crippen molar-refractivity contribution in [2.24, 2.45) is 51.2 Å². The molecule has 9 fully saturated rings. The van der Waals surface area contributed by atoms with Crippen LogP contribution in [0.5, 0.6) is 0 Å². The molecular formula is C53H72N2O11. The number of rotatable bonds is 13. The number of aliphatic hydroxyl groups is 3. The summed E-state index contributed by atoms with van der Waals surface area (Å²) in [4.78, 5) is 45.0. The molecule has 2 aromatic rings. The van der Waals surface area contributed by atoms with Crippen molar-refractivity contribution in [3.05, 3.63) is 59.5 Å². The lowest BCUT2D eigenvalue weighted by atomic mass is 9.32. The van der Waals surface area contributed by atoms with Crippen LogP contribution in [0.1, 0.15) is 134 Å². The summed E-state index contributed by atoms with van der Waals surface area (Å²) in [5.41, 5.74) is -4.37. The normalized spacial score (nSPS) is 42.6. The van der Waals surface area contributed by atoms with Gasteiger partial charge in [0.15, 0.2) is 11.9 Å². The number of unbranched alkanes of at least 4 members (excludes halogenated alkanes) is 1. The summed E-state index contributed by atoms with van der Waals surface area (Å²) in [5, 5.41) is 41.9. The lowest BCUT2D eigenvalue weighted by Gasteiger charge is -2.70. The zero-order valence-corrected chi connectivity index (χ0v) is 39.1. The number of furan rings is 1. The van der Waals surface area contributed by atoms with Crippen molar-refractivity contribution in [2.75, 3.05) is 26.4 Å². The molecule has 9 aliphatic rings. The first-order chi connectivity index (χ1) is 31.8. The van der Waals surface area contributed by atoms with Crippen LogP contribution < -0.4 is 10.6 Å². The minimum atomic E-state index is -1.48. The number of ketones is 1. The maximum Gasteiger partial charge on any atom is 0.339 e. The molecule has 13 heteroatoms. The highest BCUT2D eigenvalue weighted by molar-refractivity contribution is 5.93. The van der Waals surface area contributed by atoms with Gasteiger partial charge in [-0.2, -0.15) is 0 Å². The molecule has 0 radical (unpaired) electrons. The fourth-order valence-electron chi connectivity index (χ4n) is 17.1. The molecule has 5 saturated heterocycles. The molecule has 6 heterocycles. The predicted octanol–water partition coefficient (Wildman–Crippen LogP) is 5.90. The smallest absolute Gasteiger partial charge is 0.339 e. The largest absolute Gasteiger partial charge is 0.469 e. The van der Waals surface area contributed by atoms with Gasteiger partial charge in [0.2, 0.25) is 0 Å². The first kappa shape index (κ1) is 45.3. The predicted molar refractivity (Wildman–Crippen MR) is 240 cm³/mol. The summed E-state index contributed by atoms with van der Waals surface area (Å²) in [5.74, 6) is -1.81. The van der Waals surface area contributed by atoms with Gasteiger partial charge >= 0.3 is 11.9 Å². The molecule has 0 amide bonds. The lowest BCUT2D eigenvalue weighted by molar-refractivity contribution is -0.285. The number of esters is 2. The van der Waals surface area contributed by atoms with E-state index in [1.807, 2.05) is 26.0 Å². The number of fused-ring (bicyclic) bond motifs is 2. The van der Waals surface area contributed by atoms with E-state index in [0.29, 0.717) is 55.9 Å². The van der Waals surface area contributed by atoms with Gasteiger partial charge in [-0.15, -0.1) is 0 Å². The SMILES string of the molecule is CC1(C)OC2C3(CCCC3)C(=O)OCC23C1C(=O)C(O)C1(C2CCCC(Cc4ccccc4)C2)C3CCC2(C)C(c3ccoc3CC(CCCCC3CNCN3)C(O)CO)OC(=O)C3OC321. The number of hydrogen-bond donors (Lipinski definition) is 5. The molecule has 15 atom stereocenters. The summed E-state index contributed by atoms with van der Waals surface area (Å²) in [7, 11) is 0. The van der Waals surface area contributed by atoms with Gasteiger partial charge < -0.3 is 49.3 Å². The molecule has 1 aromatic carbocycles. The van der Waals surface area contributed by atoms with Gasteiger partial charge in [-0.25, -0.2) is 4.79 Å². The molecule has 13 nitrogen and oxygen atoms in total. The second-order valence-electron chi connectivity index (χ2n) is 23.1. The molecule has 15 unspecified atom stereocenters. The summed E-state index contributed by atoms with van der Waals surface area (Å²) in [6, 6.07) is 12.8. The highest BCUT2D eigenvalue weighted by Crippen LogP contribution is 2.83. The van der Waals surface area contributed by atoms with Gasteiger partial charge in [-0.1, -0.05) is 75.8 Å². The third-order valence-electron chi connectivity index (χ3n) is 19.7. The lowest BCUT2D eigenvalue weighted by Crippen LogP contribution is -2.80. The van der Waals surface area contributed by atoms with E-state index in [1.54, 1.807) is 6.26 Å². The van der Waals surface area contributed by atoms with E-state index in [9.17, 15) is 24.9 Å².